The molecule has 0 aromatic carbocycles. The van der Waals surface area contributed by atoms with E-state index in [0.29, 0.717) is 0 Å². The minimum absolute atomic E-state index is 0. The molecule has 0 saturated carbocycles. The van der Waals surface area contributed by atoms with Crippen molar-refractivity contribution in [2.24, 2.45) is 0 Å². The molecular weight excluding hydrogens is 155 g/mol. The van der Waals surface area contributed by atoms with Crippen LogP contribution in [0.4, 0.5) is 4.79 Å². The first-order chi connectivity index (χ1) is 2.73. The van der Waals surface area contributed by atoms with Crippen molar-refractivity contribution in [1.29, 1.82) is 0 Å². The van der Waals surface area contributed by atoms with Crippen LogP contribution in [-0.4, -0.2) is 16.4 Å². The summed E-state index contributed by atoms with van der Waals surface area (Å²) in [5, 5.41) is 13.9. The fourth-order valence-corrected chi connectivity index (χ4v) is 0. The van der Waals surface area contributed by atoms with Crippen LogP contribution >= 0.6 is 0 Å². The van der Waals surface area contributed by atoms with Crippen molar-refractivity contribution in [3.63, 3.8) is 0 Å². The van der Waals surface area contributed by atoms with E-state index in [1.807, 2.05) is 0 Å². The average molecular weight is 160 g/mol. The summed E-state index contributed by atoms with van der Waals surface area (Å²) >= 11 is 0.125. The molecule has 7 heavy (non-hydrogen) atoms. The van der Waals surface area contributed by atoms with Crippen LogP contribution in [0.2, 0.25) is 0 Å². The predicted molar refractivity (Wildman–Crippen MR) is 16.4 cm³/mol. The third-order valence-corrected chi connectivity index (χ3v) is 0. The zero-order chi connectivity index (χ0) is 5.58. The zero-order valence-electron chi connectivity index (χ0n) is 3.63. The topological polar surface area (TPSA) is 110 Å². The molecule has 0 aliphatic heterocycles. The Morgan fingerprint density at radius 2 is 1.29 bits per heavy atom. The van der Waals surface area contributed by atoms with Crippen molar-refractivity contribution in [3.05, 3.63) is 0 Å². The third kappa shape index (κ3) is 628. The fourth-order valence-electron chi connectivity index (χ4n) is 0. The van der Waals surface area contributed by atoms with Crippen LogP contribution in [0.1, 0.15) is 0 Å². The van der Waals surface area contributed by atoms with Crippen molar-refractivity contribution >= 4 is 6.16 Å². The summed E-state index contributed by atoms with van der Waals surface area (Å²) in [5.41, 5.74) is 0. The van der Waals surface area contributed by atoms with E-state index in [4.69, 9.17) is 18.6 Å². The molecule has 0 heterocycles. The quantitative estimate of drug-likeness (QED) is 0.440. The summed E-state index contributed by atoms with van der Waals surface area (Å²) in [6, 6.07) is 0. The number of carboxylic acid groups (broad SMARTS) is 2. The maximum atomic E-state index is 8.56. The molecule has 5 N–H and O–H groups in total. The minimum atomic E-state index is -1.83. The molecule has 0 bridgehead atoms. The van der Waals surface area contributed by atoms with Crippen LogP contribution in [0.3, 0.4) is 0 Å². The van der Waals surface area contributed by atoms with Gasteiger partial charge in [0, 0.05) is 0 Å². The van der Waals surface area contributed by atoms with E-state index >= 15 is 0 Å². The van der Waals surface area contributed by atoms with Crippen molar-refractivity contribution < 1.29 is 36.8 Å². The second kappa shape index (κ2) is 17.4. The molecule has 0 atom stereocenters. The van der Waals surface area contributed by atoms with Crippen LogP contribution in [0.15, 0.2) is 0 Å². The summed E-state index contributed by atoms with van der Waals surface area (Å²) in [7, 11) is 0. The van der Waals surface area contributed by atoms with Gasteiger partial charge < -0.3 is 16.4 Å². The normalized spacial score (nSPS) is 4.29. The van der Waals surface area contributed by atoms with Gasteiger partial charge in [0.05, 0.1) is 0 Å². The van der Waals surface area contributed by atoms with Crippen molar-refractivity contribution in [2.45, 2.75) is 0 Å². The third-order valence-electron chi connectivity index (χ3n) is 0. The molecule has 0 aromatic heterocycles. The van der Waals surface area contributed by atoms with Crippen LogP contribution in [0.25, 0.3) is 0 Å². The van der Waals surface area contributed by atoms with Crippen LogP contribution in [-0.2, 0) is 21.8 Å². The molecular formula is CH5NO4Zn. The van der Waals surface area contributed by atoms with E-state index < -0.39 is 6.16 Å². The van der Waals surface area contributed by atoms with Crippen LogP contribution < -0.4 is 6.15 Å². The first-order valence-electron chi connectivity index (χ1n) is 0.940. The Morgan fingerprint density at radius 3 is 1.29 bits per heavy atom. The molecule has 0 fully saturated rings. The molecule has 0 aliphatic rings. The van der Waals surface area contributed by atoms with Crippen LogP contribution in [0, 0.1) is 0 Å². The van der Waals surface area contributed by atoms with E-state index in [9.17, 15) is 0 Å². The van der Waals surface area contributed by atoms with Crippen molar-refractivity contribution in [2.75, 3.05) is 0 Å². The van der Waals surface area contributed by atoms with Gasteiger partial charge in [0.25, 0.3) is 0 Å². The molecule has 0 unspecified atom stereocenters. The van der Waals surface area contributed by atoms with Gasteiger partial charge in [0.1, 0.15) is 0 Å². The Hall–Kier alpha value is -0.347. The Labute approximate surface area is 49.9 Å². The molecule has 0 spiro atoms. The number of hydrogen-bond donors (Lipinski definition) is 3. The molecule has 0 rings (SSSR count). The Bertz CT molecular complexity index is 43.0. The van der Waals surface area contributed by atoms with Crippen LogP contribution in [0.5, 0.6) is 0 Å². The van der Waals surface area contributed by atoms with Gasteiger partial charge in [0.2, 0.25) is 0 Å². The van der Waals surface area contributed by atoms with Gasteiger partial charge in [-0.2, -0.15) is 0 Å². The van der Waals surface area contributed by atoms with Gasteiger partial charge in [-0.1, -0.05) is 0 Å². The second-order valence-electron chi connectivity index (χ2n) is 0.283. The summed E-state index contributed by atoms with van der Waals surface area (Å²) in [4.78, 5) is 8.56. The van der Waals surface area contributed by atoms with Gasteiger partial charge in [-0.3, -0.25) is 0 Å². The maximum absolute atomic E-state index is 8.56. The summed E-state index contributed by atoms with van der Waals surface area (Å²) in [5.74, 6) is 0. The number of carbonyl (C=O) groups is 1. The van der Waals surface area contributed by atoms with E-state index in [1.165, 1.54) is 0 Å². The molecule has 0 aliphatic carbocycles. The van der Waals surface area contributed by atoms with E-state index in [0.717, 1.165) is 0 Å². The Kier molecular flexibility index (Phi) is 39.6. The first-order valence-corrected chi connectivity index (χ1v) is 2.15. The number of hydrogen-bond acceptors (Lipinski definition) is 3. The van der Waals surface area contributed by atoms with Gasteiger partial charge in [0.15, 0.2) is 0 Å². The van der Waals surface area contributed by atoms with E-state index in [2.05, 4.69) is 0 Å². The molecule has 0 saturated heterocycles. The van der Waals surface area contributed by atoms with Crippen molar-refractivity contribution in [1.82, 2.24) is 6.15 Å². The van der Waals surface area contributed by atoms with Gasteiger partial charge in [-0.05, 0) is 0 Å². The molecule has 0 aromatic rings. The first kappa shape index (κ1) is 15.9. The van der Waals surface area contributed by atoms with Gasteiger partial charge in [-0.25, -0.2) is 4.79 Å². The predicted octanol–water partition coefficient (Wildman–Crippen LogP) is 0.263. The standard InChI is InChI=1S/CH2O3.H3N.O.Zn/c2-1(3)4;;;/h(H2,2,3,4);1H3;;. The van der Waals surface area contributed by atoms with Crippen molar-refractivity contribution in [3.8, 4) is 0 Å². The Balaban J connectivity index is -0.0000000480. The SMILES string of the molecule is N.O=C(O)O.[O]=[Zn]. The second-order valence-corrected chi connectivity index (χ2v) is 0.283. The Morgan fingerprint density at radius 1 is 1.29 bits per heavy atom. The van der Waals surface area contributed by atoms with E-state index in [1.54, 1.807) is 0 Å². The summed E-state index contributed by atoms with van der Waals surface area (Å²) < 4.78 is 8.38. The summed E-state index contributed by atoms with van der Waals surface area (Å²) in [6.45, 7) is 0. The fraction of sp³-hybridized carbons (Fsp3) is 0. The molecule has 40 valence electrons. The average Bonchev–Trinajstić information content (AvgIpc) is 1.41. The zero-order valence-corrected chi connectivity index (χ0v) is 6.59. The van der Waals surface area contributed by atoms with Gasteiger partial charge in [-0.15, -0.1) is 0 Å². The molecule has 0 radical (unpaired) electrons. The molecule has 6 heteroatoms. The van der Waals surface area contributed by atoms with Gasteiger partial charge >= 0.3 is 28.0 Å². The molecule has 5 nitrogen and oxygen atoms in total. The number of rotatable bonds is 0. The monoisotopic (exact) mass is 159 g/mol. The molecule has 0 amide bonds. The van der Waals surface area contributed by atoms with E-state index in [-0.39, 0.29) is 24.4 Å². The summed E-state index contributed by atoms with van der Waals surface area (Å²) in [6.07, 6.45) is -1.83.